The molecule has 4 heterocycles. The molecule has 2 N–H and O–H groups in total. The lowest BCUT2D eigenvalue weighted by atomic mass is 10.2. The molecule has 2 aromatic carbocycles. The fourth-order valence-electron chi connectivity index (χ4n) is 4.09. The number of nitrogens with one attached hydrogen (secondary N) is 2. The van der Waals surface area contributed by atoms with Crippen molar-refractivity contribution in [3.05, 3.63) is 60.6 Å². The first-order valence-corrected chi connectivity index (χ1v) is 10.9. The van der Waals surface area contributed by atoms with Crippen molar-refractivity contribution < 1.29 is 0 Å². The molecule has 1 fully saturated rings. The van der Waals surface area contributed by atoms with E-state index in [1.807, 2.05) is 42.9 Å². The van der Waals surface area contributed by atoms with Crippen LogP contribution in [0.4, 0.5) is 5.69 Å². The van der Waals surface area contributed by atoms with Crippen molar-refractivity contribution in [2.75, 3.05) is 38.1 Å². The molecule has 8 nitrogen and oxygen atoms in total. The molecule has 164 valence electrons. The topological polar surface area (TPSA) is 81.7 Å². The van der Waals surface area contributed by atoms with Gasteiger partial charge < -0.3 is 19.8 Å². The maximum atomic E-state index is 4.71. The van der Waals surface area contributed by atoms with Crippen LogP contribution in [0.15, 0.2) is 54.9 Å². The summed E-state index contributed by atoms with van der Waals surface area (Å²) in [4.78, 5) is 20.0. The fourth-order valence-corrected chi connectivity index (χ4v) is 4.09. The normalized spacial score (nSPS) is 14.7. The molecule has 0 radical (unpaired) electrons. The van der Waals surface area contributed by atoms with Crippen molar-refractivity contribution in [1.82, 2.24) is 34.6 Å². The highest BCUT2D eigenvalue weighted by Gasteiger charge is 2.16. The summed E-state index contributed by atoms with van der Waals surface area (Å²) in [6.07, 6.45) is 1.70. The summed E-state index contributed by atoms with van der Waals surface area (Å²) >= 11 is 0. The van der Waals surface area contributed by atoms with Crippen LogP contribution in [0.5, 0.6) is 0 Å². The summed E-state index contributed by atoms with van der Waals surface area (Å²) in [7, 11) is 4.13. The van der Waals surface area contributed by atoms with Crippen molar-refractivity contribution in [3.63, 3.8) is 0 Å². The molecule has 0 atom stereocenters. The zero-order valence-corrected chi connectivity index (χ0v) is 18.7. The van der Waals surface area contributed by atoms with E-state index >= 15 is 0 Å². The number of hydrogen-bond acceptors (Lipinski definition) is 5. The van der Waals surface area contributed by atoms with Crippen LogP contribution in [0.25, 0.3) is 33.6 Å². The number of aryl methyl sites for hydroxylation is 2. The van der Waals surface area contributed by atoms with Gasteiger partial charge in [0.15, 0.2) is 5.82 Å². The average Bonchev–Trinajstić information content (AvgIpc) is 3.51. The third-order valence-electron chi connectivity index (χ3n) is 5.91. The Morgan fingerprint density at radius 1 is 0.875 bits per heavy atom. The van der Waals surface area contributed by atoms with E-state index in [9.17, 15) is 0 Å². The first-order valence-electron chi connectivity index (χ1n) is 10.9. The maximum absolute atomic E-state index is 4.71. The minimum absolute atomic E-state index is 0.874. The van der Waals surface area contributed by atoms with Gasteiger partial charge in [-0.3, -0.25) is 4.68 Å². The quantitative estimate of drug-likeness (QED) is 0.449. The second-order valence-electron chi connectivity index (χ2n) is 8.29. The highest BCUT2D eigenvalue weighted by atomic mass is 15.3. The number of fused-ring (bicyclic) bond motifs is 2. The summed E-state index contributed by atoms with van der Waals surface area (Å²) < 4.78 is 1.87. The molecule has 0 spiro atoms. The summed E-state index contributed by atoms with van der Waals surface area (Å²) in [5, 5.41) is 4.40. The number of likely N-dealkylation sites (N-methyl/N-ethyl adjacent to an activating group) is 1. The van der Waals surface area contributed by atoms with E-state index in [2.05, 4.69) is 61.2 Å². The Morgan fingerprint density at radius 3 is 2.44 bits per heavy atom. The Kier molecular flexibility index (Phi) is 5.36. The number of aromatic nitrogens is 6. The predicted molar refractivity (Wildman–Crippen MR) is 129 cm³/mol. The third kappa shape index (κ3) is 4.09. The molecule has 3 aromatic heterocycles. The molecule has 0 aliphatic carbocycles. The van der Waals surface area contributed by atoms with Crippen LogP contribution < -0.4 is 4.90 Å². The van der Waals surface area contributed by atoms with E-state index in [-0.39, 0.29) is 0 Å². The molecule has 8 heteroatoms. The van der Waals surface area contributed by atoms with Gasteiger partial charge in [-0.1, -0.05) is 12.1 Å². The number of aromatic amines is 2. The molecule has 0 saturated carbocycles. The zero-order chi connectivity index (χ0) is 22.1. The molecule has 1 saturated heterocycles. The Morgan fingerprint density at radius 2 is 1.69 bits per heavy atom. The molecule has 6 rings (SSSR count). The van der Waals surface area contributed by atoms with Gasteiger partial charge in [0.2, 0.25) is 0 Å². The minimum Gasteiger partial charge on any atom is -0.369 e. The van der Waals surface area contributed by atoms with E-state index < -0.39 is 0 Å². The molecule has 1 aliphatic rings. The number of benzene rings is 2. The molecule has 1 aliphatic heterocycles. The zero-order valence-electron chi connectivity index (χ0n) is 18.7. The number of piperazine rings is 1. The molecule has 0 bridgehead atoms. The Bertz CT molecular complexity index is 1310. The largest absolute Gasteiger partial charge is 0.369 e. The van der Waals surface area contributed by atoms with Gasteiger partial charge in [-0.05, 0) is 50.4 Å². The van der Waals surface area contributed by atoms with Crippen molar-refractivity contribution >= 4 is 27.8 Å². The van der Waals surface area contributed by atoms with E-state index in [0.29, 0.717) is 0 Å². The maximum Gasteiger partial charge on any atom is 0.156 e. The molecular weight excluding hydrogens is 400 g/mol. The van der Waals surface area contributed by atoms with Gasteiger partial charge in [-0.2, -0.15) is 5.10 Å². The first-order chi connectivity index (χ1) is 15.6. The van der Waals surface area contributed by atoms with Gasteiger partial charge in [0.05, 0.1) is 34.1 Å². The first kappa shape index (κ1) is 20.3. The van der Waals surface area contributed by atoms with Crippen LogP contribution in [0.1, 0.15) is 5.69 Å². The van der Waals surface area contributed by atoms with Crippen molar-refractivity contribution in [3.8, 4) is 11.5 Å². The van der Waals surface area contributed by atoms with Crippen molar-refractivity contribution in [2.24, 2.45) is 7.05 Å². The predicted octanol–water partition coefficient (Wildman–Crippen LogP) is 3.59. The molecular formula is C24H28N8. The second-order valence-corrected chi connectivity index (χ2v) is 8.29. The van der Waals surface area contributed by atoms with Gasteiger partial charge in [0.25, 0.3) is 0 Å². The number of anilines is 1. The minimum atomic E-state index is 0.874. The van der Waals surface area contributed by atoms with E-state index in [1.165, 1.54) is 5.69 Å². The SMILES string of the molecule is Cc1cc(-c2nc3ccc(N4CCN(C)CC4)cc3[nH]2)n(C)n1.c1ccc2[nH]cnc2c1. The standard InChI is InChI=1S/C17H22N6.C7H6N2/c1-12-10-16(22(3)20-12)17-18-14-5-4-13(11-15(14)19-17)23-8-6-21(2)7-9-23;1-2-4-7-6(3-1)8-5-9-7/h4-5,10-11H,6-9H2,1-3H3,(H,18,19);1-5H,(H,8,9). The van der Waals surface area contributed by atoms with Gasteiger partial charge in [0, 0.05) is 38.9 Å². The monoisotopic (exact) mass is 428 g/mol. The highest BCUT2D eigenvalue weighted by molar-refractivity contribution is 5.82. The number of nitrogens with zero attached hydrogens (tertiary/aromatic N) is 6. The Balaban J connectivity index is 0.000000199. The van der Waals surface area contributed by atoms with Crippen molar-refractivity contribution in [2.45, 2.75) is 6.92 Å². The van der Waals surface area contributed by atoms with Crippen molar-refractivity contribution in [1.29, 1.82) is 0 Å². The summed E-state index contributed by atoms with van der Waals surface area (Å²) in [6, 6.07) is 16.5. The van der Waals surface area contributed by atoms with Crippen LogP contribution in [-0.2, 0) is 7.05 Å². The molecule has 32 heavy (non-hydrogen) atoms. The lowest BCUT2D eigenvalue weighted by Gasteiger charge is -2.34. The lowest BCUT2D eigenvalue weighted by molar-refractivity contribution is 0.313. The Labute approximate surface area is 186 Å². The molecule has 5 aromatic rings. The van der Waals surface area contributed by atoms with Crippen LogP contribution >= 0.6 is 0 Å². The summed E-state index contributed by atoms with van der Waals surface area (Å²) in [5.41, 5.74) is 7.48. The summed E-state index contributed by atoms with van der Waals surface area (Å²) in [6.45, 7) is 6.37. The highest BCUT2D eigenvalue weighted by Crippen LogP contribution is 2.25. The fraction of sp³-hybridized carbons (Fsp3) is 0.292. The van der Waals surface area contributed by atoms with E-state index in [1.54, 1.807) is 6.33 Å². The Hall–Kier alpha value is -3.65. The lowest BCUT2D eigenvalue weighted by Crippen LogP contribution is -2.44. The van der Waals surface area contributed by atoms with Gasteiger partial charge in [0.1, 0.15) is 5.69 Å². The van der Waals surface area contributed by atoms with E-state index in [0.717, 1.165) is 65.5 Å². The number of imidazole rings is 2. The van der Waals surface area contributed by atoms with Gasteiger partial charge in [-0.25, -0.2) is 9.97 Å². The van der Waals surface area contributed by atoms with Crippen LogP contribution in [0, 0.1) is 6.92 Å². The van der Waals surface area contributed by atoms with Gasteiger partial charge in [-0.15, -0.1) is 0 Å². The third-order valence-corrected chi connectivity index (χ3v) is 5.91. The van der Waals surface area contributed by atoms with Crippen LogP contribution in [0.2, 0.25) is 0 Å². The number of hydrogen-bond donors (Lipinski definition) is 2. The number of rotatable bonds is 2. The van der Waals surface area contributed by atoms with Crippen LogP contribution in [-0.4, -0.2) is 67.8 Å². The van der Waals surface area contributed by atoms with Gasteiger partial charge >= 0.3 is 0 Å². The second kappa shape index (κ2) is 8.47. The molecule has 0 amide bonds. The molecule has 0 unspecified atom stereocenters. The van der Waals surface area contributed by atoms with Crippen LogP contribution in [0.3, 0.4) is 0 Å². The summed E-state index contributed by atoms with van der Waals surface area (Å²) in [5.74, 6) is 0.874. The average molecular weight is 429 g/mol. The number of para-hydroxylation sites is 2. The smallest absolute Gasteiger partial charge is 0.156 e. The van der Waals surface area contributed by atoms with E-state index in [4.69, 9.17) is 4.98 Å². The number of H-pyrrole nitrogens is 2.